The van der Waals surface area contributed by atoms with E-state index in [1.54, 1.807) is 4.57 Å². The van der Waals surface area contributed by atoms with E-state index in [0.29, 0.717) is 5.56 Å². The van der Waals surface area contributed by atoms with Crippen LogP contribution in [0.1, 0.15) is 45.2 Å². The van der Waals surface area contributed by atoms with Crippen LogP contribution in [0.25, 0.3) is 10.9 Å². The Labute approximate surface area is 119 Å². The Kier molecular flexibility index (Phi) is 3.94. The monoisotopic (exact) mass is 268 g/mol. The first-order chi connectivity index (χ1) is 9.47. The molecule has 3 heteroatoms. The summed E-state index contributed by atoms with van der Waals surface area (Å²) in [5, 5.41) is 10.4. The third-order valence-corrected chi connectivity index (χ3v) is 3.63. The zero-order chi connectivity index (χ0) is 14.9. The van der Waals surface area contributed by atoms with E-state index in [0.717, 1.165) is 10.9 Å². The maximum atomic E-state index is 12.7. The number of aromatic nitrogens is 1. The summed E-state index contributed by atoms with van der Waals surface area (Å²) >= 11 is 0. The Balaban J connectivity index is 2.85. The summed E-state index contributed by atoms with van der Waals surface area (Å²) in [4.78, 5) is 12.7. The predicted octanol–water partition coefficient (Wildman–Crippen LogP) is 3.85. The molecule has 0 saturated heterocycles. The van der Waals surface area contributed by atoms with E-state index in [1.807, 2.05) is 58.0 Å². The Bertz CT molecular complexity index is 720. The molecule has 0 bridgehead atoms. The number of hydrogen-bond donors (Lipinski definition) is 0. The van der Waals surface area contributed by atoms with Gasteiger partial charge in [0.15, 0.2) is 0 Å². The highest BCUT2D eigenvalue weighted by molar-refractivity contribution is 5.80. The molecule has 0 N–H and O–H groups in total. The number of para-hydroxylation sites is 1. The average molecular weight is 268 g/mol. The molecular formula is C17H20N2O. The van der Waals surface area contributed by atoms with Crippen molar-refractivity contribution in [1.82, 2.24) is 4.57 Å². The van der Waals surface area contributed by atoms with Crippen LogP contribution >= 0.6 is 0 Å². The molecule has 2 rings (SSSR count). The van der Waals surface area contributed by atoms with E-state index in [4.69, 9.17) is 0 Å². The van der Waals surface area contributed by atoms with Crippen LogP contribution in [0.3, 0.4) is 0 Å². The lowest BCUT2D eigenvalue weighted by molar-refractivity contribution is 0.556. The maximum absolute atomic E-state index is 12.7. The topological polar surface area (TPSA) is 45.8 Å². The fourth-order valence-corrected chi connectivity index (χ4v) is 2.62. The zero-order valence-corrected chi connectivity index (χ0v) is 12.4. The van der Waals surface area contributed by atoms with Crippen LogP contribution in [0.2, 0.25) is 0 Å². The highest BCUT2D eigenvalue weighted by Gasteiger charge is 2.21. The Morgan fingerprint density at radius 2 is 1.80 bits per heavy atom. The molecule has 0 aliphatic carbocycles. The number of fused-ring (bicyclic) bond motifs is 1. The van der Waals surface area contributed by atoms with E-state index in [9.17, 15) is 10.1 Å². The molecule has 3 nitrogen and oxygen atoms in total. The van der Waals surface area contributed by atoms with Crippen molar-refractivity contribution in [2.45, 2.75) is 39.7 Å². The molecule has 2 aromatic rings. The van der Waals surface area contributed by atoms with Gasteiger partial charge in [-0.1, -0.05) is 32.0 Å². The number of rotatable bonds is 3. The molecule has 0 radical (unpaired) electrons. The summed E-state index contributed by atoms with van der Waals surface area (Å²) < 4.78 is 1.79. The first kappa shape index (κ1) is 14.3. The van der Waals surface area contributed by atoms with Gasteiger partial charge < -0.3 is 4.57 Å². The molecule has 0 aliphatic rings. The van der Waals surface area contributed by atoms with Crippen LogP contribution in [-0.2, 0) is 0 Å². The second-order valence-corrected chi connectivity index (χ2v) is 5.78. The molecular weight excluding hydrogens is 248 g/mol. The van der Waals surface area contributed by atoms with Crippen LogP contribution in [0.5, 0.6) is 0 Å². The standard InChI is InChI=1S/C17H20N2O/c1-11(2)15(10-18)14-9-13-7-5-6-8-16(13)19(12(3)4)17(14)20/h5-9,11-12,15H,1-4H3. The van der Waals surface area contributed by atoms with Crippen molar-refractivity contribution in [2.24, 2.45) is 5.92 Å². The molecule has 20 heavy (non-hydrogen) atoms. The van der Waals surface area contributed by atoms with E-state index in [-0.39, 0.29) is 23.4 Å². The first-order valence-electron chi connectivity index (χ1n) is 7.01. The van der Waals surface area contributed by atoms with Crippen LogP contribution < -0.4 is 5.56 Å². The second-order valence-electron chi connectivity index (χ2n) is 5.78. The molecule has 0 fully saturated rings. The van der Waals surface area contributed by atoms with Crippen LogP contribution in [0.4, 0.5) is 0 Å². The normalized spacial score (nSPS) is 12.8. The van der Waals surface area contributed by atoms with Crippen molar-refractivity contribution in [2.75, 3.05) is 0 Å². The highest BCUT2D eigenvalue weighted by atomic mass is 16.1. The Morgan fingerprint density at radius 3 is 2.35 bits per heavy atom. The van der Waals surface area contributed by atoms with E-state index < -0.39 is 0 Å². The van der Waals surface area contributed by atoms with E-state index in [2.05, 4.69) is 6.07 Å². The van der Waals surface area contributed by atoms with Crippen molar-refractivity contribution in [3.05, 3.63) is 46.2 Å². The molecule has 1 heterocycles. The quantitative estimate of drug-likeness (QED) is 0.848. The summed E-state index contributed by atoms with van der Waals surface area (Å²) in [5.41, 5.74) is 1.49. The fraction of sp³-hybridized carbons (Fsp3) is 0.412. The SMILES string of the molecule is CC(C)C(C#N)c1cc2ccccc2n(C(C)C)c1=O. The second kappa shape index (κ2) is 5.50. The van der Waals surface area contributed by atoms with Gasteiger partial charge in [0.2, 0.25) is 0 Å². The summed E-state index contributed by atoms with van der Waals surface area (Å²) in [7, 11) is 0. The highest BCUT2D eigenvalue weighted by Crippen LogP contribution is 2.25. The van der Waals surface area contributed by atoms with Crippen molar-refractivity contribution in [1.29, 1.82) is 5.26 Å². The third kappa shape index (κ3) is 2.34. The molecule has 1 atom stereocenters. The van der Waals surface area contributed by atoms with Gasteiger partial charge in [-0.15, -0.1) is 0 Å². The van der Waals surface area contributed by atoms with Gasteiger partial charge in [0, 0.05) is 11.6 Å². The minimum atomic E-state index is -0.364. The minimum absolute atomic E-state index is 0.0426. The lowest BCUT2D eigenvalue weighted by atomic mass is 9.89. The number of hydrogen-bond acceptors (Lipinski definition) is 2. The molecule has 1 aromatic heterocycles. The van der Waals surface area contributed by atoms with Gasteiger partial charge in [-0.3, -0.25) is 4.79 Å². The summed E-state index contributed by atoms with van der Waals surface area (Å²) in [6.45, 7) is 7.94. The molecule has 0 spiro atoms. The van der Waals surface area contributed by atoms with E-state index in [1.165, 1.54) is 0 Å². The first-order valence-corrected chi connectivity index (χ1v) is 7.01. The molecule has 1 aromatic carbocycles. The largest absolute Gasteiger partial charge is 0.306 e. The van der Waals surface area contributed by atoms with Gasteiger partial charge in [-0.2, -0.15) is 5.26 Å². The number of nitrogens with zero attached hydrogens (tertiary/aromatic N) is 2. The number of benzene rings is 1. The zero-order valence-electron chi connectivity index (χ0n) is 12.4. The van der Waals surface area contributed by atoms with Crippen molar-refractivity contribution < 1.29 is 0 Å². The lowest BCUT2D eigenvalue weighted by Gasteiger charge is -2.19. The van der Waals surface area contributed by atoms with Crippen molar-refractivity contribution in [3.8, 4) is 6.07 Å². The Morgan fingerprint density at radius 1 is 1.15 bits per heavy atom. The van der Waals surface area contributed by atoms with Gasteiger partial charge in [0.25, 0.3) is 5.56 Å². The molecule has 104 valence electrons. The molecule has 0 aliphatic heterocycles. The van der Waals surface area contributed by atoms with Gasteiger partial charge in [0.05, 0.1) is 17.5 Å². The van der Waals surface area contributed by atoms with Crippen LogP contribution in [-0.4, -0.2) is 4.57 Å². The predicted molar refractivity (Wildman–Crippen MR) is 81.8 cm³/mol. The average Bonchev–Trinajstić information content (AvgIpc) is 2.39. The minimum Gasteiger partial charge on any atom is -0.306 e. The summed E-state index contributed by atoms with van der Waals surface area (Å²) in [6, 6.07) is 12.1. The van der Waals surface area contributed by atoms with Crippen LogP contribution in [0, 0.1) is 17.2 Å². The lowest BCUT2D eigenvalue weighted by Crippen LogP contribution is -2.28. The van der Waals surface area contributed by atoms with Crippen molar-refractivity contribution in [3.63, 3.8) is 0 Å². The van der Waals surface area contributed by atoms with Gasteiger partial charge in [-0.05, 0) is 37.3 Å². The fourth-order valence-electron chi connectivity index (χ4n) is 2.62. The van der Waals surface area contributed by atoms with Gasteiger partial charge >= 0.3 is 0 Å². The molecule has 0 saturated carbocycles. The van der Waals surface area contributed by atoms with Gasteiger partial charge in [-0.25, -0.2) is 0 Å². The van der Waals surface area contributed by atoms with Crippen LogP contribution in [0.15, 0.2) is 35.1 Å². The molecule has 1 unspecified atom stereocenters. The smallest absolute Gasteiger partial charge is 0.255 e. The third-order valence-electron chi connectivity index (χ3n) is 3.63. The summed E-state index contributed by atoms with van der Waals surface area (Å²) in [5.74, 6) is -0.244. The summed E-state index contributed by atoms with van der Waals surface area (Å²) in [6.07, 6.45) is 0. The Hall–Kier alpha value is -2.08. The maximum Gasteiger partial charge on any atom is 0.255 e. The molecule has 0 amide bonds. The number of nitriles is 1. The van der Waals surface area contributed by atoms with Gasteiger partial charge in [0.1, 0.15) is 0 Å². The number of pyridine rings is 1. The van der Waals surface area contributed by atoms with Crippen molar-refractivity contribution >= 4 is 10.9 Å². The van der Waals surface area contributed by atoms with E-state index >= 15 is 0 Å².